The number of H-pyrrole nitrogens is 1. The van der Waals surface area contributed by atoms with Crippen LogP contribution in [0.25, 0.3) is 22.4 Å². The maximum absolute atomic E-state index is 4.01. The van der Waals surface area contributed by atoms with E-state index in [0.717, 1.165) is 17.7 Å². The molecule has 19 heavy (non-hydrogen) atoms. The molecular weight excluding hydrogens is 234 g/mol. The number of benzene rings is 2. The van der Waals surface area contributed by atoms with Crippen LogP contribution >= 0.6 is 0 Å². The molecule has 0 unspecified atom stereocenters. The Kier molecular flexibility index (Phi) is 3.11. The number of hydrogen-bond donors (Lipinski definition) is 1. The number of nitrogens with one attached hydrogen (secondary N) is 1. The van der Waals surface area contributed by atoms with Gasteiger partial charge in [-0.1, -0.05) is 60.7 Å². The molecule has 0 fully saturated rings. The average Bonchev–Trinajstić information content (AvgIpc) is 3.02. The van der Waals surface area contributed by atoms with Crippen molar-refractivity contribution < 1.29 is 0 Å². The summed E-state index contributed by atoms with van der Waals surface area (Å²) in [7, 11) is 0. The van der Waals surface area contributed by atoms with Crippen LogP contribution in [0.4, 0.5) is 0 Å². The maximum Gasteiger partial charge on any atom is 0.112 e. The number of aryl methyl sites for hydroxylation is 1. The van der Waals surface area contributed by atoms with Crippen molar-refractivity contribution in [3.8, 4) is 22.4 Å². The van der Waals surface area contributed by atoms with E-state index in [2.05, 4.69) is 70.9 Å². The maximum atomic E-state index is 4.01. The third kappa shape index (κ3) is 2.40. The van der Waals surface area contributed by atoms with E-state index in [0.29, 0.717) is 0 Å². The lowest BCUT2D eigenvalue weighted by atomic mass is 10.0. The summed E-state index contributed by atoms with van der Waals surface area (Å²) in [6.45, 7) is 2.17. The zero-order valence-electron chi connectivity index (χ0n) is 10.8. The summed E-state index contributed by atoms with van der Waals surface area (Å²) in [5.74, 6) is 0. The van der Waals surface area contributed by atoms with E-state index in [4.69, 9.17) is 0 Å². The molecule has 1 aromatic heterocycles. The van der Waals surface area contributed by atoms with Crippen molar-refractivity contribution in [2.45, 2.75) is 13.3 Å². The molecule has 0 atom stereocenters. The number of rotatable bonds is 3. The molecule has 0 amide bonds. The number of aromatic nitrogens is 3. The van der Waals surface area contributed by atoms with Crippen molar-refractivity contribution in [3.05, 3.63) is 60.3 Å². The molecule has 3 aromatic rings. The van der Waals surface area contributed by atoms with Gasteiger partial charge in [0.2, 0.25) is 0 Å². The smallest absolute Gasteiger partial charge is 0.112 e. The van der Waals surface area contributed by atoms with Crippen LogP contribution in [0.3, 0.4) is 0 Å². The highest BCUT2D eigenvalue weighted by molar-refractivity contribution is 5.68. The van der Waals surface area contributed by atoms with Crippen LogP contribution in [0.1, 0.15) is 12.5 Å². The first kappa shape index (κ1) is 11.7. The van der Waals surface area contributed by atoms with Gasteiger partial charge in [0.1, 0.15) is 5.69 Å². The summed E-state index contributed by atoms with van der Waals surface area (Å²) < 4.78 is 0. The Morgan fingerprint density at radius 2 is 1.42 bits per heavy atom. The second kappa shape index (κ2) is 5.06. The summed E-state index contributed by atoms with van der Waals surface area (Å²) >= 11 is 0. The summed E-state index contributed by atoms with van der Waals surface area (Å²) in [5.41, 5.74) is 5.76. The molecule has 0 bridgehead atoms. The van der Waals surface area contributed by atoms with Gasteiger partial charge in [0, 0.05) is 11.8 Å². The van der Waals surface area contributed by atoms with Crippen molar-refractivity contribution in [1.82, 2.24) is 15.4 Å². The highest BCUT2D eigenvalue weighted by Crippen LogP contribution is 2.23. The van der Waals surface area contributed by atoms with Gasteiger partial charge in [0.05, 0.1) is 0 Å². The van der Waals surface area contributed by atoms with Crippen LogP contribution in [0.2, 0.25) is 0 Å². The van der Waals surface area contributed by atoms with E-state index in [1.54, 1.807) is 6.20 Å². The van der Waals surface area contributed by atoms with Crippen molar-refractivity contribution in [3.63, 3.8) is 0 Å². The van der Waals surface area contributed by atoms with Gasteiger partial charge in [-0.05, 0) is 23.1 Å². The Morgan fingerprint density at radius 1 is 0.842 bits per heavy atom. The van der Waals surface area contributed by atoms with Crippen LogP contribution in [-0.2, 0) is 6.42 Å². The standard InChI is InChI=1S/C16H15N3/c1-2-12-3-5-13(6-4-12)14-7-9-15(10-8-14)16-11-17-19-18-16/h3-11H,2H2,1H3,(H,17,18,19). The van der Waals surface area contributed by atoms with E-state index in [1.807, 2.05) is 0 Å². The molecule has 3 heteroatoms. The fourth-order valence-electron chi connectivity index (χ4n) is 2.11. The lowest BCUT2D eigenvalue weighted by molar-refractivity contribution is 0.942. The lowest BCUT2D eigenvalue weighted by Crippen LogP contribution is -1.83. The molecule has 0 aliphatic heterocycles. The van der Waals surface area contributed by atoms with E-state index in [9.17, 15) is 0 Å². The number of hydrogen-bond acceptors (Lipinski definition) is 2. The van der Waals surface area contributed by atoms with Gasteiger partial charge >= 0.3 is 0 Å². The molecule has 3 nitrogen and oxygen atoms in total. The van der Waals surface area contributed by atoms with Gasteiger partial charge in [0.15, 0.2) is 0 Å². The fraction of sp³-hybridized carbons (Fsp3) is 0.125. The minimum atomic E-state index is 0.868. The first-order valence-electron chi connectivity index (χ1n) is 6.43. The van der Waals surface area contributed by atoms with Crippen molar-refractivity contribution in [2.75, 3.05) is 0 Å². The number of nitrogens with zero attached hydrogens (tertiary/aromatic N) is 2. The van der Waals surface area contributed by atoms with E-state index >= 15 is 0 Å². The molecule has 0 radical (unpaired) electrons. The van der Waals surface area contributed by atoms with Crippen molar-refractivity contribution >= 4 is 0 Å². The van der Waals surface area contributed by atoms with Crippen LogP contribution < -0.4 is 0 Å². The van der Waals surface area contributed by atoms with Crippen LogP contribution in [0.5, 0.6) is 0 Å². The normalized spacial score (nSPS) is 10.6. The quantitative estimate of drug-likeness (QED) is 0.769. The van der Waals surface area contributed by atoms with Gasteiger partial charge in [-0.2, -0.15) is 0 Å². The molecule has 0 saturated heterocycles. The molecule has 0 aliphatic rings. The van der Waals surface area contributed by atoms with Crippen LogP contribution in [0.15, 0.2) is 54.7 Å². The van der Waals surface area contributed by atoms with Crippen molar-refractivity contribution in [2.24, 2.45) is 0 Å². The lowest BCUT2D eigenvalue weighted by Gasteiger charge is -2.04. The largest absolute Gasteiger partial charge is 0.265 e. The monoisotopic (exact) mass is 249 g/mol. The van der Waals surface area contributed by atoms with Gasteiger partial charge in [-0.15, -0.1) is 5.10 Å². The molecule has 0 aliphatic carbocycles. The molecule has 2 aromatic carbocycles. The van der Waals surface area contributed by atoms with E-state index in [1.165, 1.54) is 16.7 Å². The summed E-state index contributed by atoms with van der Waals surface area (Å²) in [6.07, 6.45) is 2.87. The van der Waals surface area contributed by atoms with Gasteiger partial charge in [0.25, 0.3) is 0 Å². The first-order chi connectivity index (χ1) is 9.36. The third-order valence-corrected chi connectivity index (χ3v) is 3.29. The molecule has 3 rings (SSSR count). The molecular formula is C16H15N3. The predicted molar refractivity (Wildman–Crippen MR) is 76.6 cm³/mol. The number of aromatic amines is 1. The second-order valence-electron chi connectivity index (χ2n) is 4.49. The zero-order chi connectivity index (χ0) is 13.1. The molecule has 1 N–H and O–H groups in total. The van der Waals surface area contributed by atoms with Crippen molar-refractivity contribution in [1.29, 1.82) is 0 Å². The summed E-state index contributed by atoms with van der Waals surface area (Å²) in [6, 6.07) is 17.1. The Hall–Kier alpha value is -2.42. The third-order valence-electron chi connectivity index (χ3n) is 3.29. The first-order valence-corrected chi connectivity index (χ1v) is 6.43. The summed E-state index contributed by atoms with van der Waals surface area (Å²) in [4.78, 5) is 0. The predicted octanol–water partition coefficient (Wildman–Crippen LogP) is 3.70. The summed E-state index contributed by atoms with van der Waals surface area (Å²) in [5, 5.41) is 10.5. The Bertz CT molecular complexity index is 637. The second-order valence-corrected chi connectivity index (χ2v) is 4.49. The minimum Gasteiger partial charge on any atom is -0.265 e. The molecule has 0 saturated carbocycles. The average molecular weight is 249 g/mol. The zero-order valence-corrected chi connectivity index (χ0v) is 10.8. The van der Waals surface area contributed by atoms with E-state index < -0.39 is 0 Å². The van der Waals surface area contributed by atoms with Gasteiger partial charge in [-0.25, -0.2) is 0 Å². The van der Waals surface area contributed by atoms with Crippen LogP contribution in [-0.4, -0.2) is 15.4 Å². The molecule has 94 valence electrons. The topological polar surface area (TPSA) is 41.6 Å². The Morgan fingerprint density at radius 3 is 1.95 bits per heavy atom. The van der Waals surface area contributed by atoms with Crippen LogP contribution in [0, 0.1) is 0 Å². The Labute approximate surface area is 112 Å². The molecule has 1 heterocycles. The molecule has 0 spiro atoms. The minimum absolute atomic E-state index is 0.868. The highest BCUT2D eigenvalue weighted by atomic mass is 15.3. The Balaban J connectivity index is 1.89. The SMILES string of the molecule is CCc1ccc(-c2ccc(-c3c[nH]nn3)cc2)cc1. The highest BCUT2D eigenvalue weighted by Gasteiger charge is 2.02. The van der Waals surface area contributed by atoms with E-state index in [-0.39, 0.29) is 0 Å². The van der Waals surface area contributed by atoms with Gasteiger partial charge < -0.3 is 0 Å². The fourth-order valence-corrected chi connectivity index (χ4v) is 2.11. The van der Waals surface area contributed by atoms with Gasteiger partial charge in [-0.3, -0.25) is 5.10 Å².